The first-order chi connectivity index (χ1) is 6.54. The minimum absolute atomic E-state index is 1.22. The summed E-state index contributed by atoms with van der Waals surface area (Å²) in [4.78, 5) is 0. The Kier molecular flexibility index (Phi) is 2.95. The molecule has 14 heavy (non-hydrogen) atoms. The van der Waals surface area contributed by atoms with Crippen LogP contribution in [0.4, 0.5) is 0 Å². The van der Waals surface area contributed by atoms with Gasteiger partial charge in [0.2, 0.25) is 0 Å². The molecule has 0 spiro atoms. The van der Waals surface area contributed by atoms with E-state index in [9.17, 15) is 0 Å². The van der Waals surface area contributed by atoms with E-state index in [1.807, 2.05) is 12.2 Å². The third-order valence-corrected chi connectivity index (χ3v) is 3.19. The summed E-state index contributed by atoms with van der Waals surface area (Å²) in [5.74, 6) is 0. The van der Waals surface area contributed by atoms with Crippen LogP contribution in [0.5, 0.6) is 0 Å². The van der Waals surface area contributed by atoms with Crippen LogP contribution in [0.15, 0.2) is 13.2 Å². The Morgan fingerprint density at radius 3 is 1.14 bits per heavy atom. The van der Waals surface area contributed by atoms with Gasteiger partial charge in [-0.15, -0.1) is 0 Å². The molecule has 0 aliphatic heterocycles. The standard InChI is InChI=1S/C14H18/c1-7-13-11(5)9(3)10(4)12(6)14(13)8-2/h7-8H,1-2H2,3-6H3. The number of hydrogen-bond donors (Lipinski definition) is 0. The van der Waals surface area contributed by atoms with E-state index in [-0.39, 0.29) is 0 Å². The van der Waals surface area contributed by atoms with Crippen LogP contribution in [-0.4, -0.2) is 0 Å². The van der Waals surface area contributed by atoms with Gasteiger partial charge in [0.15, 0.2) is 0 Å². The predicted molar refractivity (Wildman–Crippen MR) is 65.6 cm³/mol. The Bertz CT molecular complexity index is 356. The van der Waals surface area contributed by atoms with Crippen molar-refractivity contribution < 1.29 is 0 Å². The van der Waals surface area contributed by atoms with Crippen molar-refractivity contribution in [3.63, 3.8) is 0 Å². The first kappa shape index (κ1) is 10.8. The van der Waals surface area contributed by atoms with Crippen molar-refractivity contribution in [3.05, 3.63) is 46.5 Å². The maximum Gasteiger partial charge on any atom is -0.0155 e. The van der Waals surface area contributed by atoms with E-state index in [4.69, 9.17) is 0 Å². The van der Waals surface area contributed by atoms with Gasteiger partial charge in [0.1, 0.15) is 0 Å². The first-order valence-corrected chi connectivity index (χ1v) is 4.89. The summed E-state index contributed by atoms with van der Waals surface area (Å²) in [5.41, 5.74) is 7.81. The van der Waals surface area contributed by atoms with E-state index >= 15 is 0 Å². The number of hydrogen-bond acceptors (Lipinski definition) is 0. The molecule has 0 saturated heterocycles. The molecule has 0 saturated carbocycles. The van der Waals surface area contributed by atoms with Crippen LogP contribution >= 0.6 is 0 Å². The van der Waals surface area contributed by atoms with Crippen molar-refractivity contribution in [1.82, 2.24) is 0 Å². The average Bonchev–Trinajstić information content (AvgIpc) is 2.20. The van der Waals surface area contributed by atoms with Crippen LogP contribution in [0.25, 0.3) is 12.2 Å². The van der Waals surface area contributed by atoms with E-state index in [1.165, 1.54) is 33.4 Å². The summed E-state index contributed by atoms with van der Waals surface area (Å²) in [5, 5.41) is 0. The van der Waals surface area contributed by atoms with Crippen molar-refractivity contribution in [2.45, 2.75) is 27.7 Å². The van der Waals surface area contributed by atoms with Gasteiger partial charge in [0.25, 0.3) is 0 Å². The minimum atomic E-state index is 1.22. The van der Waals surface area contributed by atoms with Gasteiger partial charge in [-0.2, -0.15) is 0 Å². The van der Waals surface area contributed by atoms with E-state index in [0.29, 0.717) is 0 Å². The Balaban J connectivity index is 3.73. The average molecular weight is 186 g/mol. The van der Waals surface area contributed by atoms with Gasteiger partial charge in [-0.05, 0) is 61.1 Å². The monoisotopic (exact) mass is 186 g/mol. The summed E-state index contributed by atoms with van der Waals surface area (Å²) in [6.45, 7) is 16.3. The summed E-state index contributed by atoms with van der Waals surface area (Å²) in [7, 11) is 0. The largest absolute Gasteiger partial charge is 0.0984 e. The molecule has 1 aromatic rings. The van der Waals surface area contributed by atoms with Crippen LogP contribution in [0.2, 0.25) is 0 Å². The van der Waals surface area contributed by atoms with Crippen molar-refractivity contribution in [2.24, 2.45) is 0 Å². The quantitative estimate of drug-likeness (QED) is 0.649. The van der Waals surface area contributed by atoms with Gasteiger partial charge in [0, 0.05) is 0 Å². The molecule has 0 heteroatoms. The van der Waals surface area contributed by atoms with Crippen LogP contribution in [0.1, 0.15) is 33.4 Å². The molecule has 0 nitrogen and oxygen atoms in total. The van der Waals surface area contributed by atoms with Crippen molar-refractivity contribution in [3.8, 4) is 0 Å². The highest BCUT2D eigenvalue weighted by Gasteiger charge is 2.10. The fraction of sp³-hybridized carbons (Fsp3) is 0.286. The molecule has 74 valence electrons. The van der Waals surface area contributed by atoms with Gasteiger partial charge >= 0.3 is 0 Å². The number of rotatable bonds is 2. The second-order valence-corrected chi connectivity index (χ2v) is 3.74. The maximum absolute atomic E-state index is 3.86. The molecule has 0 radical (unpaired) electrons. The molecule has 0 heterocycles. The van der Waals surface area contributed by atoms with Crippen LogP contribution in [-0.2, 0) is 0 Å². The smallest absolute Gasteiger partial charge is 0.0155 e. The molecule has 0 unspecified atom stereocenters. The van der Waals surface area contributed by atoms with Gasteiger partial charge in [-0.25, -0.2) is 0 Å². The summed E-state index contributed by atoms with van der Waals surface area (Å²) >= 11 is 0. The highest BCUT2D eigenvalue weighted by atomic mass is 14.1. The third-order valence-electron chi connectivity index (χ3n) is 3.19. The molecule has 1 aromatic carbocycles. The predicted octanol–water partition coefficient (Wildman–Crippen LogP) is 4.21. The molecule has 0 N–H and O–H groups in total. The van der Waals surface area contributed by atoms with E-state index in [0.717, 1.165) is 0 Å². The highest BCUT2D eigenvalue weighted by Crippen LogP contribution is 2.27. The number of benzene rings is 1. The zero-order valence-corrected chi connectivity index (χ0v) is 9.57. The summed E-state index contributed by atoms with van der Waals surface area (Å²) in [6, 6.07) is 0. The van der Waals surface area contributed by atoms with Crippen molar-refractivity contribution in [1.29, 1.82) is 0 Å². The lowest BCUT2D eigenvalue weighted by molar-refractivity contribution is 1.20. The van der Waals surface area contributed by atoms with Gasteiger partial charge in [-0.3, -0.25) is 0 Å². The SMILES string of the molecule is C=Cc1c(C)c(C)c(C)c(C)c1C=C. The lowest BCUT2D eigenvalue weighted by atomic mass is 9.89. The zero-order valence-electron chi connectivity index (χ0n) is 9.57. The zero-order chi connectivity index (χ0) is 10.9. The summed E-state index contributed by atoms with van der Waals surface area (Å²) in [6.07, 6.45) is 3.84. The van der Waals surface area contributed by atoms with E-state index in [2.05, 4.69) is 40.9 Å². The fourth-order valence-electron chi connectivity index (χ4n) is 1.90. The molecule has 0 amide bonds. The molecular formula is C14H18. The lowest BCUT2D eigenvalue weighted by Gasteiger charge is -2.16. The fourth-order valence-corrected chi connectivity index (χ4v) is 1.90. The van der Waals surface area contributed by atoms with E-state index < -0.39 is 0 Å². The molecule has 0 atom stereocenters. The molecule has 0 bridgehead atoms. The molecule has 1 rings (SSSR count). The van der Waals surface area contributed by atoms with Gasteiger partial charge in [-0.1, -0.05) is 25.3 Å². The Morgan fingerprint density at radius 1 is 0.643 bits per heavy atom. The van der Waals surface area contributed by atoms with Crippen molar-refractivity contribution in [2.75, 3.05) is 0 Å². The van der Waals surface area contributed by atoms with Gasteiger partial charge in [0.05, 0.1) is 0 Å². The summed E-state index contributed by atoms with van der Waals surface area (Å²) < 4.78 is 0. The molecule has 0 aliphatic rings. The Morgan fingerprint density at radius 2 is 0.929 bits per heavy atom. The van der Waals surface area contributed by atoms with Crippen LogP contribution < -0.4 is 0 Å². The van der Waals surface area contributed by atoms with Crippen molar-refractivity contribution >= 4 is 12.2 Å². The first-order valence-electron chi connectivity index (χ1n) is 4.89. The Labute approximate surface area is 87.0 Å². The molecule has 0 aliphatic carbocycles. The van der Waals surface area contributed by atoms with Crippen LogP contribution in [0, 0.1) is 27.7 Å². The van der Waals surface area contributed by atoms with Crippen LogP contribution in [0.3, 0.4) is 0 Å². The Hall–Kier alpha value is -1.30. The topological polar surface area (TPSA) is 0 Å². The second-order valence-electron chi connectivity index (χ2n) is 3.74. The normalized spacial score (nSPS) is 10.0. The third kappa shape index (κ3) is 1.41. The molecule has 0 aromatic heterocycles. The highest BCUT2D eigenvalue weighted by molar-refractivity contribution is 5.71. The minimum Gasteiger partial charge on any atom is -0.0984 e. The second kappa shape index (κ2) is 3.83. The molecule has 0 fully saturated rings. The molecular weight excluding hydrogens is 168 g/mol. The maximum atomic E-state index is 3.86. The lowest BCUT2D eigenvalue weighted by Crippen LogP contribution is -1.98. The van der Waals surface area contributed by atoms with E-state index in [1.54, 1.807) is 0 Å². The van der Waals surface area contributed by atoms with Gasteiger partial charge < -0.3 is 0 Å².